The summed E-state index contributed by atoms with van der Waals surface area (Å²) in [6, 6.07) is 0. The van der Waals surface area contributed by atoms with E-state index in [0.717, 1.165) is 43.3 Å². The first kappa shape index (κ1) is 17.2. The van der Waals surface area contributed by atoms with Crippen molar-refractivity contribution in [1.82, 2.24) is 14.5 Å². The van der Waals surface area contributed by atoms with Crippen molar-refractivity contribution in [1.29, 1.82) is 0 Å². The summed E-state index contributed by atoms with van der Waals surface area (Å²) in [7, 11) is 2.03. The number of carbonyl (C=O) groups excluding carboxylic acids is 1. The van der Waals surface area contributed by atoms with E-state index in [2.05, 4.69) is 9.55 Å². The lowest BCUT2D eigenvalue weighted by Crippen LogP contribution is -2.42. The zero-order valence-corrected chi connectivity index (χ0v) is 14.9. The van der Waals surface area contributed by atoms with Crippen molar-refractivity contribution in [3.63, 3.8) is 0 Å². The molecule has 0 spiro atoms. The average Bonchev–Trinajstić information content (AvgIpc) is 2.83. The predicted octanol–water partition coefficient (Wildman–Crippen LogP) is 3.30. The highest BCUT2D eigenvalue weighted by Crippen LogP contribution is 2.24. The molecule has 1 aromatic rings. The fraction of sp³-hybridized carbons (Fsp3) is 0.750. The number of rotatable bonds is 4. The van der Waals surface area contributed by atoms with Gasteiger partial charge in [0.1, 0.15) is 11.4 Å². The molecule has 124 valence electrons. The molecule has 0 radical (unpaired) electrons. The normalized spacial score (nSPS) is 16.8. The van der Waals surface area contributed by atoms with E-state index >= 15 is 0 Å². The molecule has 0 aromatic carbocycles. The maximum atomic E-state index is 12.0. The number of likely N-dealkylation sites (tertiary alicyclic amines) is 1. The molecule has 2 heterocycles. The Morgan fingerprint density at radius 3 is 2.64 bits per heavy atom. The van der Waals surface area contributed by atoms with Crippen LogP contribution in [0.5, 0.6) is 0 Å². The van der Waals surface area contributed by atoms with Crippen molar-refractivity contribution in [2.75, 3.05) is 18.8 Å². The lowest BCUT2D eigenvalue weighted by atomic mass is 9.99. The van der Waals surface area contributed by atoms with Crippen molar-refractivity contribution < 1.29 is 9.53 Å². The van der Waals surface area contributed by atoms with Gasteiger partial charge in [-0.25, -0.2) is 9.78 Å². The molecule has 0 atom stereocenters. The molecule has 6 heteroatoms. The Kier molecular flexibility index (Phi) is 5.78. The quantitative estimate of drug-likeness (QED) is 0.852. The van der Waals surface area contributed by atoms with E-state index < -0.39 is 5.60 Å². The van der Waals surface area contributed by atoms with Crippen LogP contribution in [-0.4, -0.2) is 45.0 Å². The number of hydrogen-bond donors (Lipinski definition) is 0. The summed E-state index contributed by atoms with van der Waals surface area (Å²) >= 11 is 1.93. The van der Waals surface area contributed by atoms with Gasteiger partial charge in [0.25, 0.3) is 0 Å². The summed E-state index contributed by atoms with van der Waals surface area (Å²) in [6.07, 6.45) is 5.77. The van der Waals surface area contributed by atoms with Crippen LogP contribution in [0, 0.1) is 5.92 Å². The van der Waals surface area contributed by atoms with Crippen LogP contribution in [-0.2, 0) is 17.5 Å². The highest BCUT2D eigenvalue weighted by Gasteiger charge is 2.26. The van der Waals surface area contributed by atoms with Gasteiger partial charge in [0.05, 0.1) is 5.75 Å². The van der Waals surface area contributed by atoms with Gasteiger partial charge < -0.3 is 14.2 Å². The number of imidazole rings is 1. The van der Waals surface area contributed by atoms with Crippen LogP contribution < -0.4 is 0 Å². The number of hydrogen-bond acceptors (Lipinski definition) is 4. The predicted molar refractivity (Wildman–Crippen MR) is 89.9 cm³/mol. The van der Waals surface area contributed by atoms with Gasteiger partial charge in [-0.1, -0.05) is 0 Å². The summed E-state index contributed by atoms with van der Waals surface area (Å²) < 4.78 is 7.49. The van der Waals surface area contributed by atoms with Crippen LogP contribution in [0.15, 0.2) is 12.4 Å². The van der Waals surface area contributed by atoms with Crippen molar-refractivity contribution in [3.05, 3.63) is 18.2 Å². The number of ether oxygens (including phenoxy) is 1. The van der Waals surface area contributed by atoms with Crippen molar-refractivity contribution in [2.24, 2.45) is 13.0 Å². The third-order valence-electron chi connectivity index (χ3n) is 3.77. The van der Waals surface area contributed by atoms with Gasteiger partial charge in [-0.05, 0) is 45.3 Å². The Morgan fingerprint density at radius 1 is 1.41 bits per heavy atom. The van der Waals surface area contributed by atoms with E-state index in [0.29, 0.717) is 5.92 Å². The molecular formula is C16H27N3O2S. The molecular weight excluding hydrogens is 298 g/mol. The van der Waals surface area contributed by atoms with Gasteiger partial charge in [0, 0.05) is 32.5 Å². The molecule has 1 saturated heterocycles. The van der Waals surface area contributed by atoms with Crippen LogP contribution >= 0.6 is 11.8 Å². The van der Waals surface area contributed by atoms with Gasteiger partial charge in [-0.15, -0.1) is 0 Å². The third kappa shape index (κ3) is 5.23. The minimum Gasteiger partial charge on any atom is -0.444 e. The summed E-state index contributed by atoms with van der Waals surface area (Å²) in [5.41, 5.74) is -0.411. The maximum absolute atomic E-state index is 12.0. The Bertz CT molecular complexity index is 488. The van der Waals surface area contributed by atoms with Crippen LogP contribution in [0.2, 0.25) is 0 Å². The Balaban J connectivity index is 1.67. The van der Waals surface area contributed by atoms with Gasteiger partial charge >= 0.3 is 6.09 Å². The van der Waals surface area contributed by atoms with E-state index in [1.807, 2.05) is 56.9 Å². The molecule has 0 saturated carbocycles. The number of thioether (sulfide) groups is 1. The number of aryl methyl sites for hydroxylation is 1. The molecule has 0 N–H and O–H groups in total. The van der Waals surface area contributed by atoms with Crippen LogP contribution in [0.3, 0.4) is 0 Å². The first-order chi connectivity index (χ1) is 10.3. The van der Waals surface area contributed by atoms with E-state index in [1.165, 1.54) is 0 Å². The molecule has 1 aromatic heterocycles. The van der Waals surface area contributed by atoms with Gasteiger partial charge in [-0.2, -0.15) is 11.8 Å². The molecule has 5 nitrogen and oxygen atoms in total. The monoisotopic (exact) mass is 325 g/mol. The fourth-order valence-corrected chi connectivity index (χ4v) is 3.71. The lowest BCUT2D eigenvalue weighted by Gasteiger charge is -2.33. The number of aromatic nitrogens is 2. The number of piperidine rings is 1. The second kappa shape index (κ2) is 7.40. The second-order valence-electron chi connectivity index (χ2n) is 6.88. The number of carbonyl (C=O) groups is 1. The Hall–Kier alpha value is -1.17. The molecule has 0 bridgehead atoms. The molecule has 2 rings (SSSR count). The summed E-state index contributed by atoms with van der Waals surface area (Å²) in [5.74, 6) is 3.89. The van der Waals surface area contributed by atoms with E-state index in [9.17, 15) is 4.79 Å². The highest BCUT2D eigenvalue weighted by molar-refractivity contribution is 7.98. The Labute approximate surface area is 137 Å². The molecule has 22 heavy (non-hydrogen) atoms. The van der Waals surface area contributed by atoms with Crippen LogP contribution in [0.1, 0.15) is 39.4 Å². The minimum absolute atomic E-state index is 0.174. The largest absolute Gasteiger partial charge is 0.444 e. The molecule has 1 amide bonds. The Morgan fingerprint density at radius 2 is 2.09 bits per heavy atom. The van der Waals surface area contributed by atoms with Crippen LogP contribution in [0.25, 0.3) is 0 Å². The van der Waals surface area contributed by atoms with E-state index in [1.54, 1.807) is 0 Å². The third-order valence-corrected chi connectivity index (χ3v) is 4.94. The van der Waals surface area contributed by atoms with Gasteiger partial charge in [0.15, 0.2) is 0 Å². The lowest BCUT2D eigenvalue weighted by molar-refractivity contribution is 0.0191. The molecule has 1 aliphatic heterocycles. The fourth-order valence-electron chi connectivity index (χ4n) is 2.46. The first-order valence-electron chi connectivity index (χ1n) is 7.87. The number of nitrogens with zero attached hydrogens (tertiary/aromatic N) is 3. The zero-order valence-electron chi connectivity index (χ0n) is 14.0. The van der Waals surface area contributed by atoms with Gasteiger partial charge in [-0.3, -0.25) is 0 Å². The molecule has 1 fully saturated rings. The van der Waals surface area contributed by atoms with Crippen molar-refractivity contribution >= 4 is 17.9 Å². The minimum atomic E-state index is -0.411. The first-order valence-corrected chi connectivity index (χ1v) is 9.02. The summed E-state index contributed by atoms with van der Waals surface area (Å²) in [4.78, 5) is 18.2. The average molecular weight is 325 g/mol. The van der Waals surface area contributed by atoms with Gasteiger partial charge in [0.2, 0.25) is 0 Å². The topological polar surface area (TPSA) is 47.4 Å². The molecule has 1 aliphatic rings. The van der Waals surface area contributed by atoms with E-state index in [4.69, 9.17) is 4.74 Å². The molecule has 0 aliphatic carbocycles. The maximum Gasteiger partial charge on any atom is 0.410 e. The molecule has 0 unspecified atom stereocenters. The zero-order chi connectivity index (χ0) is 16.2. The number of amides is 1. The van der Waals surface area contributed by atoms with Crippen LogP contribution in [0.4, 0.5) is 4.79 Å². The van der Waals surface area contributed by atoms with Crippen molar-refractivity contribution in [3.8, 4) is 0 Å². The summed E-state index contributed by atoms with van der Waals surface area (Å²) in [5, 5.41) is 0. The standard InChI is InChI=1S/C16H27N3O2S/c1-16(2,3)21-15(20)19-8-5-13(6-9-19)11-22-12-14-17-7-10-18(14)4/h7,10,13H,5-6,8-9,11-12H2,1-4H3. The summed E-state index contributed by atoms with van der Waals surface area (Å²) in [6.45, 7) is 7.34. The van der Waals surface area contributed by atoms with Crippen molar-refractivity contribution in [2.45, 2.75) is 45.0 Å². The SMILES string of the molecule is Cn1ccnc1CSCC1CCN(C(=O)OC(C)(C)C)CC1. The second-order valence-corrected chi connectivity index (χ2v) is 7.91. The van der Waals surface area contributed by atoms with E-state index in [-0.39, 0.29) is 6.09 Å². The highest BCUT2D eigenvalue weighted by atomic mass is 32.2. The smallest absolute Gasteiger partial charge is 0.410 e.